The normalized spacial score (nSPS) is 29.8. The number of carbonyl (C=O) groups is 1. The van der Waals surface area contributed by atoms with Crippen LogP contribution in [-0.4, -0.2) is 40.6 Å². The molecule has 2 rings (SSSR count). The Balaban J connectivity index is 2.38. The third-order valence-corrected chi connectivity index (χ3v) is 6.59. The Kier molecular flexibility index (Phi) is 2.78. The molecule has 6 heteroatoms. The fraction of sp³-hybridized carbons (Fsp3) is 0.909. The molecule has 0 aromatic rings. The number of rotatable bonds is 2. The van der Waals surface area contributed by atoms with Crippen LogP contribution >= 0.6 is 0 Å². The molecule has 0 unspecified atom stereocenters. The van der Waals surface area contributed by atoms with Crippen LogP contribution < -0.4 is 0 Å². The van der Waals surface area contributed by atoms with E-state index in [1.807, 2.05) is 0 Å². The highest BCUT2D eigenvalue weighted by Gasteiger charge is 2.66. The summed E-state index contributed by atoms with van der Waals surface area (Å²) in [5.74, 6) is -0.381. The molecule has 0 radical (unpaired) electrons. The van der Waals surface area contributed by atoms with Gasteiger partial charge in [-0.25, -0.2) is 12.7 Å². The summed E-state index contributed by atoms with van der Waals surface area (Å²) < 4.78 is 23.9. The summed E-state index contributed by atoms with van der Waals surface area (Å²) in [6.45, 7) is 2.58. The van der Waals surface area contributed by atoms with Gasteiger partial charge in [-0.05, 0) is 26.7 Å². The van der Waals surface area contributed by atoms with Crippen LogP contribution in [0, 0.1) is 0 Å². The van der Waals surface area contributed by atoms with Gasteiger partial charge in [0.2, 0.25) is 0 Å². The van der Waals surface area contributed by atoms with Crippen molar-refractivity contribution in [2.45, 2.75) is 56.2 Å². The van der Waals surface area contributed by atoms with E-state index in [0.29, 0.717) is 12.8 Å². The first-order chi connectivity index (χ1) is 7.79. The van der Waals surface area contributed by atoms with Gasteiger partial charge in [-0.3, -0.25) is 4.79 Å². The molecule has 1 aliphatic carbocycles. The molecule has 1 saturated carbocycles. The average Bonchev–Trinajstić information content (AvgIpc) is 2.30. The molecule has 1 heterocycles. The summed E-state index contributed by atoms with van der Waals surface area (Å²) in [4.78, 5) is 12.0. The summed E-state index contributed by atoms with van der Waals surface area (Å²) in [5, 5.41) is 9.54. The van der Waals surface area contributed by atoms with Crippen molar-refractivity contribution < 1.29 is 18.3 Å². The van der Waals surface area contributed by atoms with Crippen LogP contribution in [0.25, 0.3) is 0 Å². The lowest BCUT2D eigenvalue weighted by Gasteiger charge is -2.54. The molecular weight excluding hydrogens is 242 g/mol. The summed E-state index contributed by atoms with van der Waals surface area (Å²) in [7, 11) is -3.60. The van der Waals surface area contributed by atoms with Crippen molar-refractivity contribution in [1.82, 2.24) is 4.31 Å². The van der Waals surface area contributed by atoms with Crippen molar-refractivity contribution in [3.05, 3.63) is 0 Å². The van der Waals surface area contributed by atoms with Crippen molar-refractivity contribution in [3.8, 4) is 0 Å². The number of amides is 1. The molecule has 1 saturated heterocycles. The minimum atomic E-state index is -3.60. The van der Waals surface area contributed by atoms with E-state index in [1.165, 1.54) is 13.8 Å². The average molecular weight is 261 g/mol. The summed E-state index contributed by atoms with van der Waals surface area (Å²) in [6.07, 6.45) is 3.91. The molecule has 98 valence electrons. The molecule has 2 aliphatic rings. The first-order valence-electron chi connectivity index (χ1n) is 6.00. The van der Waals surface area contributed by atoms with E-state index in [2.05, 4.69) is 0 Å². The second-order valence-corrected chi connectivity index (χ2v) is 7.86. The number of hydrogen-bond acceptors (Lipinski definition) is 4. The van der Waals surface area contributed by atoms with Gasteiger partial charge in [0, 0.05) is 0 Å². The number of aliphatic hydroxyl groups excluding tert-OH is 1. The van der Waals surface area contributed by atoms with Gasteiger partial charge in [-0.1, -0.05) is 19.3 Å². The molecule has 17 heavy (non-hydrogen) atoms. The summed E-state index contributed by atoms with van der Waals surface area (Å²) in [5.41, 5.74) is -0.871. The zero-order chi connectivity index (χ0) is 12.9. The quantitative estimate of drug-likeness (QED) is 0.791. The van der Waals surface area contributed by atoms with Crippen LogP contribution in [0.2, 0.25) is 0 Å². The highest BCUT2D eigenvalue weighted by atomic mass is 32.2. The lowest BCUT2D eigenvalue weighted by molar-refractivity contribution is -0.140. The van der Waals surface area contributed by atoms with Gasteiger partial charge >= 0.3 is 0 Å². The van der Waals surface area contributed by atoms with E-state index in [0.717, 1.165) is 23.6 Å². The van der Waals surface area contributed by atoms with Crippen molar-refractivity contribution in [2.75, 3.05) is 6.61 Å². The maximum absolute atomic E-state index is 12.1. The smallest absolute Gasteiger partial charge is 0.259 e. The first kappa shape index (κ1) is 12.8. The predicted molar refractivity (Wildman–Crippen MR) is 62.7 cm³/mol. The van der Waals surface area contributed by atoms with Crippen LogP contribution in [-0.2, 0) is 14.8 Å². The van der Waals surface area contributed by atoms with Crippen molar-refractivity contribution in [1.29, 1.82) is 0 Å². The van der Waals surface area contributed by atoms with Gasteiger partial charge in [0.15, 0.2) is 4.75 Å². The predicted octanol–water partition coefficient (Wildman–Crippen LogP) is 0.632. The molecule has 1 aliphatic heterocycles. The SMILES string of the molecule is CC1(C)C(=O)N(C2(CO)CCCCC2)S1(=O)=O. The summed E-state index contributed by atoms with van der Waals surface area (Å²) in [6, 6.07) is 0. The highest BCUT2D eigenvalue weighted by molar-refractivity contribution is 7.94. The highest BCUT2D eigenvalue weighted by Crippen LogP contribution is 2.45. The minimum Gasteiger partial charge on any atom is -0.394 e. The first-order valence-corrected chi connectivity index (χ1v) is 7.44. The molecule has 0 aromatic heterocycles. The molecule has 0 spiro atoms. The monoisotopic (exact) mass is 261 g/mol. The third kappa shape index (κ3) is 1.46. The fourth-order valence-electron chi connectivity index (χ4n) is 2.76. The summed E-state index contributed by atoms with van der Waals surface area (Å²) >= 11 is 0. The molecule has 0 aromatic carbocycles. The molecular formula is C11H19NO4S. The number of hydrogen-bond donors (Lipinski definition) is 1. The topological polar surface area (TPSA) is 74.7 Å². The Morgan fingerprint density at radius 1 is 1.24 bits per heavy atom. The van der Waals surface area contributed by atoms with Crippen LogP contribution in [0.15, 0.2) is 0 Å². The van der Waals surface area contributed by atoms with E-state index in [-0.39, 0.29) is 12.5 Å². The van der Waals surface area contributed by atoms with Crippen molar-refractivity contribution >= 4 is 15.9 Å². The lowest BCUT2D eigenvalue weighted by Crippen LogP contribution is -2.75. The Morgan fingerprint density at radius 2 is 1.76 bits per heavy atom. The zero-order valence-electron chi connectivity index (χ0n) is 10.3. The molecule has 1 amide bonds. The number of sulfonamides is 1. The van der Waals surface area contributed by atoms with E-state index >= 15 is 0 Å². The minimum absolute atomic E-state index is 0.270. The molecule has 2 fully saturated rings. The Bertz CT molecular complexity index is 434. The second kappa shape index (κ2) is 3.68. The van der Waals surface area contributed by atoms with Crippen molar-refractivity contribution in [3.63, 3.8) is 0 Å². The van der Waals surface area contributed by atoms with E-state index in [9.17, 15) is 18.3 Å². The Morgan fingerprint density at radius 3 is 2.18 bits per heavy atom. The standard InChI is InChI=1S/C11H19NO4S/c1-10(2)9(14)12(17(10,15)16)11(8-13)6-4-3-5-7-11/h13H,3-8H2,1-2H3. The third-order valence-electron chi connectivity index (χ3n) is 4.09. The van der Waals surface area contributed by atoms with Crippen LogP contribution in [0.1, 0.15) is 46.0 Å². The molecule has 1 N–H and O–H groups in total. The number of aliphatic hydroxyl groups is 1. The largest absolute Gasteiger partial charge is 0.394 e. The van der Waals surface area contributed by atoms with E-state index < -0.39 is 20.3 Å². The van der Waals surface area contributed by atoms with E-state index in [1.54, 1.807) is 0 Å². The number of nitrogens with zero attached hydrogens (tertiary/aromatic N) is 1. The molecule has 0 bridgehead atoms. The van der Waals surface area contributed by atoms with Gasteiger partial charge in [0.25, 0.3) is 15.9 Å². The Labute approximate surface area is 102 Å². The second-order valence-electron chi connectivity index (χ2n) is 5.53. The van der Waals surface area contributed by atoms with E-state index in [4.69, 9.17) is 0 Å². The fourth-order valence-corrected chi connectivity index (χ4v) is 4.59. The van der Waals surface area contributed by atoms with Gasteiger partial charge < -0.3 is 5.11 Å². The van der Waals surface area contributed by atoms with Crippen LogP contribution in [0.4, 0.5) is 0 Å². The van der Waals surface area contributed by atoms with Gasteiger partial charge in [0.1, 0.15) is 0 Å². The van der Waals surface area contributed by atoms with Crippen molar-refractivity contribution in [2.24, 2.45) is 0 Å². The van der Waals surface area contributed by atoms with Gasteiger partial charge in [0.05, 0.1) is 12.1 Å². The Hall–Kier alpha value is -0.620. The van der Waals surface area contributed by atoms with Crippen LogP contribution in [0.5, 0.6) is 0 Å². The maximum Gasteiger partial charge on any atom is 0.259 e. The van der Waals surface area contributed by atoms with Gasteiger partial charge in [-0.2, -0.15) is 0 Å². The zero-order valence-corrected chi connectivity index (χ0v) is 11.1. The van der Waals surface area contributed by atoms with Gasteiger partial charge in [-0.15, -0.1) is 0 Å². The molecule has 5 nitrogen and oxygen atoms in total. The van der Waals surface area contributed by atoms with Crippen LogP contribution in [0.3, 0.4) is 0 Å². The maximum atomic E-state index is 12.1. The lowest BCUT2D eigenvalue weighted by atomic mass is 9.81. The molecule has 0 atom stereocenters. The number of carbonyl (C=O) groups excluding carboxylic acids is 1.